The van der Waals surface area contributed by atoms with Crippen molar-refractivity contribution in [2.45, 2.75) is 110 Å². The first kappa shape index (κ1) is 39.7. The fourth-order valence-electron chi connectivity index (χ4n) is 5.36. The van der Waals surface area contributed by atoms with Crippen molar-refractivity contribution in [3.8, 4) is 0 Å². The van der Waals surface area contributed by atoms with Crippen LogP contribution < -0.4 is 15.4 Å². The lowest BCUT2D eigenvalue weighted by Crippen LogP contribution is -2.60. The Morgan fingerprint density at radius 1 is 1.00 bits per heavy atom. The van der Waals surface area contributed by atoms with Gasteiger partial charge in [0.05, 0.1) is 17.0 Å². The molecule has 3 unspecified atom stereocenters. The number of sulfonamides is 1. The standard InChI is InChI=1S/C32H48F3N5O6S/c1-19(2)25(39(9)29(43)26(31(6,7)8)37-28(42)24-12-10-11-17-40(24)20(3)4)18-21(5)27(41)38-47(45,46)23-15-13-22(14-16-23)36-30(44)32(33,34)35/h13-16,18-20,24-26H,10-12,17H2,1-9H3,(H,36,44)(H,37,42)(H,38,41). The largest absolute Gasteiger partial charge is 0.471 e. The van der Waals surface area contributed by atoms with E-state index >= 15 is 0 Å². The van der Waals surface area contributed by atoms with E-state index in [2.05, 4.69) is 10.2 Å². The molecule has 1 saturated heterocycles. The zero-order chi connectivity index (χ0) is 36.1. The Hall–Kier alpha value is -3.46. The van der Waals surface area contributed by atoms with Crippen LogP contribution in [0.1, 0.15) is 74.7 Å². The molecule has 1 aromatic carbocycles. The van der Waals surface area contributed by atoms with Gasteiger partial charge in [0, 0.05) is 24.4 Å². The molecule has 0 aliphatic carbocycles. The molecule has 3 N–H and O–H groups in total. The highest BCUT2D eigenvalue weighted by atomic mass is 32.2. The van der Waals surface area contributed by atoms with Crippen molar-refractivity contribution in [2.75, 3.05) is 18.9 Å². The van der Waals surface area contributed by atoms with Crippen LogP contribution in [0.5, 0.6) is 0 Å². The van der Waals surface area contributed by atoms with Gasteiger partial charge >= 0.3 is 12.1 Å². The zero-order valence-electron chi connectivity index (χ0n) is 28.5. The molecule has 4 amide bonds. The quantitative estimate of drug-likeness (QED) is 0.296. The second kappa shape index (κ2) is 15.6. The highest BCUT2D eigenvalue weighted by molar-refractivity contribution is 7.90. The number of nitrogens with one attached hydrogen (secondary N) is 3. The molecule has 2 rings (SSSR count). The summed E-state index contributed by atoms with van der Waals surface area (Å²) in [4.78, 5) is 54.8. The van der Waals surface area contributed by atoms with Crippen LogP contribution in [0.15, 0.2) is 40.8 Å². The van der Waals surface area contributed by atoms with Crippen molar-refractivity contribution in [3.63, 3.8) is 0 Å². The number of likely N-dealkylation sites (N-methyl/N-ethyl adjacent to an activating group) is 1. The molecule has 1 aromatic rings. The Morgan fingerprint density at radius 2 is 1.57 bits per heavy atom. The summed E-state index contributed by atoms with van der Waals surface area (Å²) in [5.74, 6) is -3.99. The summed E-state index contributed by atoms with van der Waals surface area (Å²) in [5, 5.41) is 4.61. The highest BCUT2D eigenvalue weighted by Gasteiger charge is 2.40. The predicted octanol–water partition coefficient (Wildman–Crippen LogP) is 4.22. The third kappa shape index (κ3) is 10.8. The minimum absolute atomic E-state index is 0.00730. The molecule has 1 aliphatic rings. The van der Waals surface area contributed by atoms with E-state index in [4.69, 9.17) is 0 Å². The van der Waals surface area contributed by atoms with Crippen LogP contribution >= 0.6 is 0 Å². The number of benzene rings is 1. The van der Waals surface area contributed by atoms with Crippen LogP contribution in [0.2, 0.25) is 0 Å². The molecule has 0 radical (unpaired) electrons. The Kier molecular flexibility index (Phi) is 13.2. The minimum atomic E-state index is -5.12. The van der Waals surface area contributed by atoms with Gasteiger partial charge in [-0.25, -0.2) is 13.1 Å². The fourth-order valence-corrected chi connectivity index (χ4v) is 6.37. The van der Waals surface area contributed by atoms with Gasteiger partial charge in [0.2, 0.25) is 11.8 Å². The predicted molar refractivity (Wildman–Crippen MR) is 172 cm³/mol. The van der Waals surface area contributed by atoms with E-state index in [0.29, 0.717) is 6.42 Å². The van der Waals surface area contributed by atoms with E-state index in [1.54, 1.807) is 12.4 Å². The molecule has 15 heteroatoms. The first-order valence-corrected chi connectivity index (χ1v) is 17.0. The lowest BCUT2D eigenvalue weighted by Gasteiger charge is -2.41. The summed E-state index contributed by atoms with van der Waals surface area (Å²) in [5.41, 5.74) is -0.955. The first-order valence-electron chi connectivity index (χ1n) is 15.5. The number of likely N-dealkylation sites (tertiary alicyclic amines) is 1. The van der Waals surface area contributed by atoms with Crippen molar-refractivity contribution in [1.82, 2.24) is 19.8 Å². The smallest absolute Gasteiger partial charge is 0.342 e. The van der Waals surface area contributed by atoms with Crippen molar-refractivity contribution in [1.29, 1.82) is 0 Å². The van der Waals surface area contributed by atoms with Crippen LogP contribution in [-0.2, 0) is 29.2 Å². The maximum atomic E-state index is 14.0. The number of rotatable bonds is 11. The number of carbonyl (C=O) groups excluding carboxylic acids is 4. The van der Waals surface area contributed by atoms with Crippen LogP contribution in [0.4, 0.5) is 18.9 Å². The van der Waals surface area contributed by atoms with Crippen LogP contribution in [0, 0.1) is 11.3 Å². The molecule has 1 heterocycles. The van der Waals surface area contributed by atoms with Gasteiger partial charge < -0.3 is 15.5 Å². The monoisotopic (exact) mass is 687 g/mol. The van der Waals surface area contributed by atoms with Gasteiger partial charge in [0.1, 0.15) is 6.04 Å². The Labute approximate surface area is 275 Å². The van der Waals surface area contributed by atoms with Gasteiger partial charge in [-0.15, -0.1) is 0 Å². The molecule has 0 spiro atoms. The third-order valence-corrected chi connectivity index (χ3v) is 9.42. The fraction of sp³-hybridized carbons (Fsp3) is 0.625. The van der Waals surface area contributed by atoms with Gasteiger partial charge in [0.25, 0.3) is 15.9 Å². The number of halogens is 3. The normalized spacial score (nSPS) is 18.0. The molecule has 47 heavy (non-hydrogen) atoms. The van der Waals surface area contributed by atoms with Crippen molar-refractivity contribution in [3.05, 3.63) is 35.9 Å². The molecular weight excluding hydrogens is 639 g/mol. The van der Waals surface area contributed by atoms with E-state index in [1.165, 1.54) is 17.9 Å². The van der Waals surface area contributed by atoms with E-state index in [0.717, 1.165) is 43.7 Å². The number of hydrogen-bond acceptors (Lipinski definition) is 7. The highest BCUT2D eigenvalue weighted by Crippen LogP contribution is 2.26. The number of nitrogens with zero attached hydrogens (tertiary/aromatic N) is 2. The molecule has 0 saturated carbocycles. The van der Waals surface area contributed by atoms with Crippen LogP contribution in [0.3, 0.4) is 0 Å². The van der Waals surface area contributed by atoms with Crippen LogP contribution in [-0.4, -0.2) is 85.8 Å². The van der Waals surface area contributed by atoms with Gasteiger partial charge in [-0.05, 0) is 75.8 Å². The summed E-state index contributed by atoms with van der Waals surface area (Å²) in [6, 6.07) is 2.07. The maximum absolute atomic E-state index is 14.0. The molecule has 3 atom stereocenters. The first-order chi connectivity index (χ1) is 21.5. The van der Waals surface area contributed by atoms with Crippen LogP contribution in [0.25, 0.3) is 0 Å². The summed E-state index contributed by atoms with van der Waals surface area (Å²) < 4.78 is 65.2. The van der Waals surface area contributed by atoms with Gasteiger partial charge in [0.15, 0.2) is 0 Å². The average Bonchev–Trinajstić information content (AvgIpc) is 2.96. The van der Waals surface area contributed by atoms with Gasteiger partial charge in [-0.2, -0.15) is 13.2 Å². The number of amides is 4. The summed E-state index contributed by atoms with van der Waals surface area (Å²) >= 11 is 0. The summed E-state index contributed by atoms with van der Waals surface area (Å²) in [6.45, 7) is 15.5. The second-order valence-corrected chi connectivity index (χ2v) is 15.3. The van der Waals surface area contributed by atoms with E-state index in [-0.39, 0.29) is 41.1 Å². The SMILES string of the molecule is CC(=CC(C(C)C)N(C)C(=O)C(NC(=O)C1CCCCN1C(C)C)C(C)(C)C)C(=O)NS(=O)(=O)c1ccc(NC(=O)C(F)(F)F)cc1. The summed E-state index contributed by atoms with van der Waals surface area (Å²) in [7, 11) is -2.88. The lowest BCUT2D eigenvalue weighted by molar-refractivity contribution is -0.167. The molecule has 0 bridgehead atoms. The Bertz CT molecular complexity index is 1440. The minimum Gasteiger partial charge on any atom is -0.342 e. The topological polar surface area (TPSA) is 145 Å². The lowest BCUT2D eigenvalue weighted by atomic mass is 9.84. The number of alkyl halides is 3. The molecule has 11 nitrogen and oxygen atoms in total. The number of carbonyl (C=O) groups is 4. The maximum Gasteiger partial charge on any atom is 0.471 e. The van der Waals surface area contributed by atoms with Gasteiger partial charge in [-0.1, -0.05) is 47.1 Å². The molecule has 1 aliphatic heterocycles. The third-order valence-electron chi connectivity index (χ3n) is 8.07. The van der Waals surface area contributed by atoms with E-state index in [1.807, 2.05) is 53.2 Å². The Morgan fingerprint density at radius 3 is 2.06 bits per heavy atom. The van der Waals surface area contributed by atoms with E-state index < -0.39 is 50.4 Å². The van der Waals surface area contributed by atoms with E-state index in [9.17, 15) is 40.8 Å². The molecule has 264 valence electrons. The van der Waals surface area contributed by atoms with Crippen molar-refractivity contribution in [2.24, 2.45) is 11.3 Å². The van der Waals surface area contributed by atoms with Crippen molar-refractivity contribution >= 4 is 39.3 Å². The van der Waals surface area contributed by atoms with Gasteiger partial charge in [-0.3, -0.25) is 24.1 Å². The number of hydrogen-bond donors (Lipinski definition) is 3. The molecule has 1 fully saturated rings. The Balaban J connectivity index is 2.24. The second-order valence-electron chi connectivity index (χ2n) is 13.6. The molecular formula is C32H48F3N5O6S. The molecule has 0 aromatic heterocycles. The zero-order valence-corrected chi connectivity index (χ0v) is 29.3. The average molecular weight is 688 g/mol. The summed E-state index contributed by atoms with van der Waals surface area (Å²) in [6.07, 6.45) is -1.04. The number of anilines is 1. The number of piperidine rings is 1. The van der Waals surface area contributed by atoms with Crippen molar-refractivity contribution < 1.29 is 40.8 Å².